The molecule has 0 aromatic carbocycles. The zero-order chi connectivity index (χ0) is 11.7. The van der Waals surface area contributed by atoms with Gasteiger partial charge in [-0.05, 0) is 32.4 Å². The van der Waals surface area contributed by atoms with Crippen molar-refractivity contribution in [1.29, 1.82) is 0 Å². The molecule has 16 heavy (non-hydrogen) atoms. The second kappa shape index (κ2) is 12.0. The Morgan fingerprint density at radius 2 is 2.12 bits per heavy atom. The summed E-state index contributed by atoms with van der Waals surface area (Å²) in [7, 11) is 2.17. The Hall–Kier alpha value is 0.534. The van der Waals surface area contributed by atoms with Crippen LogP contribution in [0.2, 0.25) is 0 Å². The Balaban J connectivity index is 0. The van der Waals surface area contributed by atoms with Gasteiger partial charge in [0.05, 0.1) is 0 Å². The molecule has 0 aromatic heterocycles. The van der Waals surface area contributed by atoms with Crippen LogP contribution in [0.5, 0.6) is 0 Å². The average Bonchev–Trinajstić information content (AvgIpc) is 2.63. The second-order valence-electron chi connectivity index (χ2n) is 3.92. The van der Waals surface area contributed by atoms with Crippen LogP contribution in [0.4, 0.5) is 0 Å². The monoisotopic (exact) mass is 301 g/mol. The molecule has 1 aliphatic rings. The van der Waals surface area contributed by atoms with E-state index < -0.39 is 0 Å². The molecule has 0 saturated carbocycles. The number of rotatable bonds is 5. The van der Waals surface area contributed by atoms with Gasteiger partial charge in [0.15, 0.2) is 0 Å². The van der Waals surface area contributed by atoms with Gasteiger partial charge in [0, 0.05) is 12.6 Å². The first kappa shape index (κ1) is 18.9. The van der Waals surface area contributed by atoms with Gasteiger partial charge in [-0.25, -0.2) is 0 Å². The summed E-state index contributed by atoms with van der Waals surface area (Å²) in [6.45, 7) is 9.22. The summed E-state index contributed by atoms with van der Waals surface area (Å²) < 4.78 is 0. The molecule has 2 unspecified atom stereocenters. The zero-order valence-corrected chi connectivity index (χ0v) is 13.7. The van der Waals surface area contributed by atoms with Crippen LogP contribution in [0.25, 0.3) is 0 Å². The van der Waals surface area contributed by atoms with Crippen molar-refractivity contribution in [2.24, 2.45) is 5.92 Å². The summed E-state index contributed by atoms with van der Waals surface area (Å²) in [6.07, 6.45) is 5.33. The summed E-state index contributed by atoms with van der Waals surface area (Å²) in [6, 6.07) is 0.658. The average molecular weight is 301 g/mol. The van der Waals surface area contributed by atoms with Crippen LogP contribution in [0.15, 0.2) is 0 Å². The summed E-state index contributed by atoms with van der Waals surface area (Å²) >= 11 is 0. The van der Waals surface area contributed by atoms with Crippen molar-refractivity contribution in [2.75, 3.05) is 20.1 Å². The molecule has 1 amide bonds. The van der Waals surface area contributed by atoms with E-state index in [9.17, 15) is 4.79 Å². The predicted octanol–water partition coefficient (Wildman–Crippen LogP) is 1.60. The van der Waals surface area contributed by atoms with Gasteiger partial charge in [-0.1, -0.05) is 13.3 Å². The maximum Gasteiger partial charge on any atom is 3.00 e. The van der Waals surface area contributed by atoms with Crippen LogP contribution in [-0.2, 0) is 37.5 Å². The second-order valence-corrected chi connectivity index (χ2v) is 3.92. The van der Waals surface area contributed by atoms with Crippen LogP contribution < -0.4 is 5.32 Å². The minimum atomic E-state index is 0. The molecule has 2 atom stereocenters. The van der Waals surface area contributed by atoms with Gasteiger partial charge in [-0.3, -0.25) is 0 Å². The van der Waals surface area contributed by atoms with Crippen molar-refractivity contribution in [3.05, 3.63) is 6.92 Å². The van der Waals surface area contributed by atoms with Crippen molar-refractivity contribution in [2.45, 2.75) is 39.2 Å². The van der Waals surface area contributed by atoms with E-state index in [-0.39, 0.29) is 32.7 Å². The van der Waals surface area contributed by atoms with Crippen molar-refractivity contribution in [3.8, 4) is 0 Å². The first-order valence-electron chi connectivity index (χ1n) is 5.78. The van der Waals surface area contributed by atoms with E-state index in [1.54, 1.807) is 13.3 Å². The Bertz CT molecular complexity index is 167. The van der Waals surface area contributed by atoms with Gasteiger partial charge in [0.25, 0.3) is 0 Å². The summed E-state index contributed by atoms with van der Waals surface area (Å²) in [5, 5.41) is 2.60. The molecule has 1 aliphatic heterocycles. The van der Waals surface area contributed by atoms with Gasteiger partial charge in [-0.15, -0.1) is 0 Å². The maximum atomic E-state index is 9.93. The number of amides is 1. The normalized spacial score (nSPS) is 24.0. The fraction of sp³-hybridized carbons (Fsp3) is 0.833. The third-order valence-corrected chi connectivity index (χ3v) is 3.03. The largest absolute Gasteiger partial charge is 3.00 e. The number of nitrogens with zero attached hydrogens (tertiary/aromatic N) is 1. The third kappa shape index (κ3) is 6.98. The van der Waals surface area contributed by atoms with Crippen molar-refractivity contribution < 1.29 is 37.5 Å². The minimum Gasteiger partial charge on any atom is -0.530 e. The molecule has 1 rings (SSSR count). The SMILES string of the molecule is CCC1CC(CCN[C-]=O)N(C)C1.[CH2-]C.[Y+3]. The molecule has 0 bridgehead atoms. The molecule has 4 heteroatoms. The zero-order valence-electron chi connectivity index (χ0n) is 10.8. The van der Waals surface area contributed by atoms with E-state index in [4.69, 9.17) is 0 Å². The number of hydrogen-bond donors (Lipinski definition) is 1. The molecule has 1 heterocycles. The number of likely N-dealkylation sites (tertiary alicyclic amines) is 1. The molecule has 3 nitrogen and oxygen atoms in total. The van der Waals surface area contributed by atoms with Gasteiger partial charge >= 0.3 is 32.7 Å². The van der Waals surface area contributed by atoms with E-state index in [0.29, 0.717) is 6.04 Å². The van der Waals surface area contributed by atoms with Crippen molar-refractivity contribution in [1.82, 2.24) is 10.2 Å². The van der Waals surface area contributed by atoms with Gasteiger partial charge in [-0.2, -0.15) is 13.3 Å². The van der Waals surface area contributed by atoms with Crippen LogP contribution in [0.3, 0.4) is 0 Å². The Morgan fingerprint density at radius 3 is 2.56 bits per heavy atom. The third-order valence-electron chi connectivity index (χ3n) is 3.03. The van der Waals surface area contributed by atoms with Crippen LogP contribution in [0.1, 0.15) is 33.1 Å². The van der Waals surface area contributed by atoms with E-state index in [1.165, 1.54) is 19.4 Å². The van der Waals surface area contributed by atoms with Crippen LogP contribution in [-0.4, -0.2) is 37.5 Å². The van der Waals surface area contributed by atoms with Crippen molar-refractivity contribution in [3.63, 3.8) is 0 Å². The Labute approximate surface area is 126 Å². The molecule has 0 spiro atoms. The molecule has 0 aromatic rings. The topological polar surface area (TPSA) is 32.3 Å². The molecule has 90 valence electrons. The van der Waals surface area contributed by atoms with Crippen LogP contribution >= 0.6 is 0 Å². The molecule has 1 saturated heterocycles. The predicted molar refractivity (Wildman–Crippen MR) is 64.2 cm³/mol. The van der Waals surface area contributed by atoms with Gasteiger partial charge in [0.2, 0.25) is 0 Å². The van der Waals surface area contributed by atoms with Crippen LogP contribution in [0, 0.1) is 12.8 Å². The molecule has 1 N–H and O–H groups in total. The molecule has 0 radical (unpaired) electrons. The first-order chi connectivity index (χ1) is 7.27. The van der Waals surface area contributed by atoms with E-state index in [1.807, 2.05) is 0 Å². The smallest absolute Gasteiger partial charge is 0.530 e. The Morgan fingerprint density at radius 1 is 1.50 bits per heavy atom. The molecule has 1 fully saturated rings. The number of carbonyl (C=O) groups excluding carboxylic acids is 1. The molecular formula is C12H24N2OY+. The summed E-state index contributed by atoms with van der Waals surface area (Å²) in [4.78, 5) is 12.3. The Kier molecular flexibility index (Phi) is 14.2. The van der Waals surface area contributed by atoms with E-state index >= 15 is 0 Å². The standard InChI is InChI=1S/C10H19N2O.C2H5.Y/c1-3-9-6-10(12(2)7-9)4-5-11-8-13;1-2;/h9-10H,3-7H2,1-2H3,(H,11,13);1H2,2H3;/q2*-1;+3. The summed E-state index contributed by atoms with van der Waals surface area (Å²) in [5.74, 6) is 0.857. The maximum absolute atomic E-state index is 9.93. The number of hydrogen-bond acceptors (Lipinski definition) is 2. The fourth-order valence-corrected chi connectivity index (χ4v) is 2.12. The van der Waals surface area contributed by atoms with E-state index in [0.717, 1.165) is 18.9 Å². The quantitative estimate of drug-likeness (QED) is 0.475. The van der Waals surface area contributed by atoms with E-state index in [2.05, 4.69) is 31.1 Å². The van der Waals surface area contributed by atoms with Gasteiger partial charge in [0.1, 0.15) is 0 Å². The van der Waals surface area contributed by atoms with Gasteiger partial charge < -0.3 is 21.9 Å². The minimum absolute atomic E-state index is 0. The first-order valence-corrected chi connectivity index (χ1v) is 5.78. The molecule has 0 aliphatic carbocycles. The molecular weight excluding hydrogens is 277 g/mol. The fourth-order valence-electron chi connectivity index (χ4n) is 2.12. The number of nitrogens with one attached hydrogen (secondary N) is 1. The van der Waals surface area contributed by atoms with Crippen molar-refractivity contribution >= 4 is 6.41 Å². The summed E-state index contributed by atoms with van der Waals surface area (Å²) in [5.41, 5.74) is 0.